The van der Waals surface area contributed by atoms with E-state index in [-0.39, 0.29) is 24.5 Å². The van der Waals surface area contributed by atoms with Gasteiger partial charge in [-0.25, -0.2) is 0 Å². The molecule has 1 aliphatic heterocycles. The zero-order valence-corrected chi connectivity index (χ0v) is 13.2. The fourth-order valence-corrected chi connectivity index (χ4v) is 2.82. The molecule has 1 aromatic rings. The fourth-order valence-electron chi connectivity index (χ4n) is 2.82. The van der Waals surface area contributed by atoms with E-state index < -0.39 is 0 Å². The number of anilines is 1. The lowest BCUT2D eigenvalue weighted by Gasteiger charge is -2.37. The molecule has 1 saturated heterocycles. The number of benzene rings is 1. The molecule has 0 aromatic heterocycles. The first-order valence-electron chi connectivity index (χ1n) is 7.79. The van der Waals surface area contributed by atoms with Crippen LogP contribution in [0.4, 0.5) is 5.69 Å². The minimum absolute atomic E-state index is 0.0753. The number of rotatable bonds is 4. The summed E-state index contributed by atoms with van der Waals surface area (Å²) in [6.07, 6.45) is 1.97. The number of amides is 1. The molecule has 4 nitrogen and oxygen atoms in total. The Morgan fingerprint density at radius 3 is 2.57 bits per heavy atom. The zero-order chi connectivity index (χ0) is 15.4. The Balaban J connectivity index is 2.11. The normalized spacial score (nSPS) is 22.2. The van der Waals surface area contributed by atoms with E-state index in [9.17, 15) is 9.90 Å². The second kappa shape index (κ2) is 6.94. The highest BCUT2D eigenvalue weighted by molar-refractivity contribution is 5.94. The molecule has 1 aromatic carbocycles. The Bertz CT molecular complexity index is 472. The van der Waals surface area contributed by atoms with Crippen LogP contribution in [-0.2, 0) is 0 Å². The molecule has 1 N–H and O–H groups in total. The van der Waals surface area contributed by atoms with Crippen molar-refractivity contribution < 1.29 is 9.90 Å². The Labute approximate surface area is 127 Å². The summed E-state index contributed by atoms with van der Waals surface area (Å²) in [6, 6.07) is 8.04. The predicted octanol–water partition coefficient (Wildman–Crippen LogP) is 2.38. The third-order valence-electron chi connectivity index (χ3n) is 4.53. The highest BCUT2D eigenvalue weighted by Crippen LogP contribution is 2.24. The number of hydrogen-bond acceptors (Lipinski definition) is 3. The number of likely N-dealkylation sites (tertiary alicyclic amines) is 1. The largest absolute Gasteiger partial charge is 0.396 e. The molecule has 0 radical (unpaired) electrons. The van der Waals surface area contributed by atoms with E-state index in [2.05, 4.69) is 18.7 Å². The van der Waals surface area contributed by atoms with Crippen molar-refractivity contribution in [3.8, 4) is 0 Å². The van der Waals surface area contributed by atoms with Crippen LogP contribution in [-0.4, -0.2) is 48.7 Å². The second-order valence-electron chi connectivity index (χ2n) is 5.99. The second-order valence-corrected chi connectivity index (χ2v) is 5.99. The van der Waals surface area contributed by atoms with Gasteiger partial charge in [0.15, 0.2) is 0 Å². The van der Waals surface area contributed by atoms with Crippen LogP contribution in [0, 0.1) is 5.92 Å². The quantitative estimate of drug-likeness (QED) is 0.926. The smallest absolute Gasteiger partial charge is 0.254 e. The molecule has 21 heavy (non-hydrogen) atoms. The van der Waals surface area contributed by atoms with Gasteiger partial charge < -0.3 is 14.9 Å². The minimum atomic E-state index is 0.0753. The number of aliphatic hydroxyl groups excluding tert-OH is 1. The summed E-state index contributed by atoms with van der Waals surface area (Å²) in [5, 5.41) is 9.33. The first-order valence-corrected chi connectivity index (χ1v) is 7.79. The summed E-state index contributed by atoms with van der Waals surface area (Å²) in [7, 11) is 2.04. The van der Waals surface area contributed by atoms with Gasteiger partial charge in [-0.3, -0.25) is 4.79 Å². The SMILES string of the molecule is CCN(C)c1ccc(C(=O)N2CC(CO)CCC2C)cc1. The summed E-state index contributed by atoms with van der Waals surface area (Å²) in [5.74, 6) is 0.294. The predicted molar refractivity (Wildman–Crippen MR) is 85.7 cm³/mol. The zero-order valence-electron chi connectivity index (χ0n) is 13.2. The molecular formula is C17H26N2O2. The van der Waals surface area contributed by atoms with Crippen LogP contribution in [0.3, 0.4) is 0 Å². The van der Waals surface area contributed by atoms with Crippen molar-refractivity contribution in [1.29, 1.82) is 0 Å². The van der Waals surface area contributed by atoms with Crippen molar-refractivity contribution in [2.45, 2.75) is 32.7 Å². The summed E-state index contributed by atoms with van der Waals surface area (Å²) in [4.78, 5) is 16.7. The van der Waals surface area contributed by atoms with Gasteiger partial charge in [-0.2, -0.15) is 0 Å². The lowest BCUT2D eigenvalue weighted by Crippen LogP contribution is -2.46. The topological polar surface area (TPSA) is 43.8 Å². The fraction of sp³-hybridized carbons (Fsp3) is 0.588. The van der Waals surface area contributed by atoms with E-state index in [0.29, 0.717) is 6.54 Å². The maximum absolute atomic E-state index is 12.7. The molecule has 2 atom stereocenters. The molecule has 0 bridgehead atoms. The van der Waals surface area contributed by atoms with Gasteiger partial charge in [0.1, 0.15) is 0 Å². The average Bonchev–Trinajstić information content (AvgIpc) is 2.54. The van der Waals surface area contributed by atoms with Crippen LogP contribution >= 0.6 is 0 Å². The minimum Gasteiger partial charge on any atom is -0.396 e. The first kappa shape index (κ1) is 15.8. The summed E-state index contributed by atoms with van der Waals surface area (Å²) >= 11 is 0. The molecule has 0 spiro atoms. The number of carbonyl (C=O) groups excluding carboxylic acids is 1. The Morgan fingerprint density at radius 1 is 1.33 bits per heavy atom. The van der Waals surface area contributed by atoms with E-state index in [0.717, 1.165) is 30.6 Å². The number of hydrogen-bond donors (Lipinski definition) is 1. The van der Waals surface area contributed by atoms with E-state index in [4.69, 9.17) is 0 Å². The molecule has 1 heterocycles. The number of nitrogens with zero attached hydrogens (tertiary/aromatic N) is 2. The van der Waals surface area contributed by atoms with Crippen LogP contribution in [0.5, 0.6) is 0 Å². The molecular weight excluding hydrogens is 264 g/mol. The lowest BCUT2D eigenvalue weighted by atomic mass is 9.93. The Hall–Kier alpha value is -1.55. The lowest BCUT2D eigenvalue weighted by molar-refractivity contribution is 0.0489. The van der Waals surface area contributed by atoms with Gasteiger partial charge in [0.25, 0.3) is 5.91 Å². The molecule has 1 aliphatic rings. The Morgan fingerprint density at radius 2 is 2.00 bits per heavy atom. The van der Waals surface area contributed by atoms with Gasteiger partial charge in [0.05, 0.1) is 0 Å². The van der Waals surface area contributed by atoms with E-state index in [1.807, 2.05) is 36.2 Å². The highest BCUT2D eigenvalue weighted by atomic mass is 16.3. The number of carbonyl (C=O) groups is 1. The molecule has 1 amide bonds. The Kier molecular flexibility index (Phi) is 5.23. The van der Waals surface area contributed by atoms with Crippen molar-refractivity contribution in [1.82, 2.24) is 4.90 Å². The molecule has 0 aliphatic carbocycles. The molecule has 2 rings (SSSR count). The van der Waals surface area contributed by atoms with Crippen molar-refractivity contribution in [3.63, 3.8) is 0 Å². The summed E-state index contributed by atoms with van der Waals surface area (Å²) < 4.78 is 0. The number of piperidine rings is 1. The molecule has 1 fully saturated rings. The van der Waals surface area contributed by atoms with Gasteiger partial charge in [-0.05, 0) is 56.9 Å². The maximum Gasteiger partial charge on any atom is 0.254 e. The van der Waals surface area contributed by atoms with E-state index in [1.165, 1.54) is 0 Å². The van der Waals surface area contributed by atoms with Gasteiger partial charge in [0, 0.05) is 44.0 Å². The van der Waals surface area contributed by atoms with Crippen LogP contribution in [0.1, 0.15) is 37.0 Å². The molecule has 4 heteroatoms. The summed E-state index contributed by atoms with van der Waals surface area (Å²) in [6.45, 7) is 5.95. The third-order valence-corrected chi connectivity index (χ3v) is 4.53. The average molecular weight is 290 g/mol. The van der Waals surface area contributed by atoms with Gasteiger partial charge in [-0.15, -0.1) is 0 Å². The number of aliphatic hydroxyl groups is 1. The molecule has 116 valence electrons. The standard InChI is InChI=1S/C17H26N2O2/c1-4-18(3)16-9-7-15(8-10-16)17(21)19-11-14(12-20)6-5-13(19)2/h7-10,13-14,20H,4-6,11-12H2,1-3H3. The molecule has 2 unspecified atom stereocenters. The van der Waals surface area contributed by atoms with E-state index >= 15 is 0 Å². The van der Waals surface area contributed by atoms with Crippen LogP contribution in [0.25, 0.3) is 0 Å². The molecule has 0 saturated carbocycles. The van der Waals surface area contributed by atoms with Crippen LogP contribution in [0.2, 0.25) is 0 Å². The van der Waals surface area contributed by atoms with Crippen molar-refractivity contribution in [2.75, 3.05) is 31.6 Å². The van der Waals surface area contributed by atoms with Gasteiger partial charge in [-0.1, -0.05) is 0 Å². The van der Waals surface area contributed by atoms with Crippen LogP contribution in [0.15, 0.2) is 24.3 Å². The van der Waals surface area contributed by atoms with Crippen molar-refractivity contribution in [2.24, 2.45) is 5.92 Å². The summed E-state index contributed by atoms with van der Waals surface area (Å²) in [5.41, 5.74) is 1.85. The highest BCUT2D eigenvalue weighted by Gasteiger charge is 2.29. The van der Waals surface area contributed by atoms with Gasteiger partial charge >= 0.3 is 0 Å². The third kappa shape index (κ3) is 3.56. The van der Waals surface area contributed by atoms with Crippen LogP contribution < -0.4 is 4.90 Å². The van der Waals surface area contributed by atoms with Crippen molar-refractivity contribution in [3.05, 3.63) is 29.8 Å². The first-order chi connectivity index (χ1) is 10.1. The monoisotopic (exact) mass is 290 g/mol. The maximum atomic E-state index is 12.7. The van der Waals surface area contributed by atoms with E-state index in [1.54, 1.807) is 0 Å². The van der Waals surface area contributed by atoms with Gasteiger partial charge in [0.2, 0.25) is 0 Å². The van der Waals surface area contributed by atoms with Crippen molar-refractivity contribution >= 4 is 11.6 Å².